The monoisotopic (exact) mass is 361 g/mol. The van der Waals surface area contributed by atoms with Crippen LogP contribution < -0.4 is 0 Å². The zero-order chi connectivity index (χ0) is 18.4. The number of rotatable bonds is 3. The molecule has 0 radical (unpaired) electrons. The van der Waals surface area contributed by atoms with Gasteiger partial charge in [-0.05, 0) is 42.9 Å². The highest BCUT2D eigenvalue weighted by molar-refractivity contribution is 6.05. The summed E-state index contributed by atoms with van der Waals surface area (Å²) >= 11 is 0. The summed E-state index contributed by atoms with van der Waals surface area (Å²) in [5, 5.41) is 0. The number of fused-ring (bicyclic) bond motifs is 3. The van der Waals surface area contributed by atoms with E-state index in [9.17, 15) is 9.59 Å². The summed E-state index contributed by atoms with van der Waals surface area (Å²) < 4.78 is 0. The van der Waals surface area contributed by atoms with Gasteiger partial charge in [0.1, 0.15) is 12.1 Å². The highest BCUT2D eigenvalue weighted by atomic mass is 16.2. The first-order valence-electron chi connectivity index (χ1n) is 9.87. The number of amides is 3. The molecular formula is C22H23N3O2. The van der Waals surface area contributed by atoms with Gasteiger partial charge in [-0.1, -0.05) is 49.2 Å². The van der Waals surface area contributed by atoms with Gasteiger partial charge in [0.2, 0.25) is 0 Å². The van der Waals surface area contributed by atoms with Crippen LogP contribution in [0.25, 0.3) is 0 Å². The number of hydrogen-bond acceptors (Lipinski definition) is 3. The molecule has 0 bridgehead atoms. The first-order valence-corrected chi connectivity index (χ1v) is 9.87. The Kier molecular flexibility index (Phi) is 3.96. The molecule has 27 heavy (non-hydrogen) atoms. The fraction of sp³-hybridized carbons (Fsp3) is 0.409. The Morgan fingerprint density at radius 3 is 2.52 bits per heavy atom. The van der Waals surface area contributed by atoms with E-state index in [0.29, 0.717) is 5.92 Å². The van der Waals surface area contributed by atoms with E-state index in [0.717, 1.165) is 36.9 Å². The van der Waals surface area contributed by atoms with Crippen LogP contribution in [0.2, 0.25) is 0 Å². The van der Waals surface area contributed by atoms with Gasteiger partial charge >= 0.3 is 6.03 Å². The lowest BCUT2D eigenvalue weighted by atomic mass is 9.84. The molecule has 5 nitrogen and oxygen atoms in total. The molecule has 1 aromatic carbocycles. The maximum atomic E-state index is 13.4. The summed E-state index contributed by atoms with van der Waals surface area (Å²) in [5.74, 6) is 0.428. The van der Waals surface area contributed by atoms with Gasteiger partial charge in [-0.3, -0.25) is 9.78 Å². The maximum Gasteiger partial charge on any atom is 0.328 e. The van der Waals surface area contributed by atoms with Crippen LogP contribution in [0.4, 0.5) is 4.79 Å². The van der Waals surface area contributed by atoms with Crippen molar-refractivity contribution in [3.05, 3.63) is 66.0 Å². The predicted molar refractivity (Wildman–Crippen MR) is 101 cm³/mol. The average Bonchev–Trinajstić information content (AvgIpc) is 3.21. The van der Waals surface area contributed by atoms with Gasteiger partial charge in [-0.2, -0.15) is 0 Å². The summed E-state index contributed by atoms with van der Waals surface area (Å²) in [4.78, 5) is 34.6. The van der Waals surface area contributed by atoms with Gasteiger partial charge in [0.15, 0.2) is 0 Å². The van der Waals surface area contributed by atoms with Crippen molar-refractivity contribution in [2.45, 2.75) is 50.2 Å². The molecule has 1 aromatic heterocycles. The third-order valence-corrected chi connectivity index (χ3v) is 6.38. The number of urea groups is 1. The summed E-state index contributed by atoms with van der Waals surface area (Å²) in [6.07, 6.45) is 7.06. The molecule has 3 heterocycles. The molecule has 5 rings (SSSR count). The van der Waals surface area contributed by atoms with E-state index in [4.69, 9.17) is 0 Å². The van der Waals surface area contributed by atoms with Gasteiger partial charge < -0.3 is 4.90 Å². The molecule has 1 aliphatic carbocycles. The molecule has 2 saturated heterocycles. The Morgan fingerprint density at radius 2 is 1.74 bits per heavy atom. The highest BCUT2D eigenvalue weighted by Crippen LogP contribution is 2.45. The Labute approximate surface area is 159 Å². The van der Waals surface area contributed by atoms with Crippen LogP contribution in [0.3, 0.4) is 0 Å². The van der Waals surface area contributed by atoms with E-state index in [1.54, 1.807) is 6.20 Å². The van der Waals surface area contributed by atoms with E-state index in [1.165, 1.54) is 11.3 Å². The van der Waals surface area contributed by atoms with E-state index < -0.39 is 6.04 Å². The highest BCUT2D eigenvalue weighted by Gasteiger charge is 2.57. The Morgan fingerprint density at radius 1 is 0.963 bits per heavy atom. The van der Waals surface area contributed by atoms with E-state index in [2.05, 4.69) is 4.98 Å². The second kappa shape index (κ2) is 6.48. The van der Waals surface area contributed by atoms with Crippen molar-refractivity contribution in [2.24, 2.45) is 5.92 Å². The topological polar surface area (TPSA) is 53.5 Å². The summed E-state index contributed by atoms with van der Waals surface area (Å²) in [7, 11) is 0. The first kappa shape index (κ1) is 16.5. The molecule has 4 atom stereocenters. The van der Waals surface area contributed by atoms with Crippen molar-refractivity contribution in [1.29, 1.82) is 0 Å². The number of imide groups is 1. The molecule has 1 saturated carbocycles. The largest absolute Gasteiger partial charge is 0.328 e. The van der Waals surface area contributed by atoms with Gasteiger partial charge in [-0.15, -0.1) is 0 Å². The summed E-state index contributed by atoms with van der Waals surface area (Å²) in [6.45, 7) is 0. The van der Waals surface area contributed by atoms with Gasteiger partial charge in [0, 0.05) is 12.2 Å². The smallest absolute Gasteiger partial charge is 0.309 e. The van der Waals surface area contributed by atoms with Crippen molar-refractivity contribution < 1.29 is 9.59 Å². The molecule has 2 aliphatic heterocycles. The summed E-state index contributed by atoms with van der Waals surface area (Å²) in [5.41, 5.74) is 1.64. The van der Waals surface area contributed by atoms with Crippen LogP contribution in [-0.2, 0) is 4.79 Å². The van der Waals surface area contributed by atoms with Gasteiger partial charge in [0.25, 0.3) is 5.91 Å². The second-order valence-electron chi connectivity index (χ2n) is 7.83. The van der Waals surface area contributed by atoms with Crippen LogP contribution in [0.1, 0.15) is 49.4 Å². The second-order valence-corrected chi connectivity index (χ2v) is 7.83. The van der Waals surface area contributed by atoms with Crippen molar-refractivity contribution >= 4 is 11.9 Å². The third kappa shape index (κ3) is 2.56. The average molecular weight is 361 g/mol. The number of benzene rings is 1. The van der Waals surface area contributed by atoms with Crippen molar-refractivity contribution in [3.8, 4) is 0 Å². The van der Waals surface area contributed by atoms with Crippen LogP contribution in [0.15, 0.2) is 54.7 Å². The number of hydrogen-bond donors (Lipinski definition) is 0. The van der Waals surface area contributed by atoms with Crippen LogP contribution in [0.5, 0.6) is 0 Å². The van der Waals surface area contributed by atoms with Gasteiger partial charge in [-0.25, -0.2) is 9.69 Å². The number of aromatic nitrogens is 1. The quantitative estimate of drug-likeness (QED) is 0.782. The van der Waals surface area contributed by atoms with Crippen molar-refractivity contribution in [1.82, 2.24) is 14.8 Å². The van der Waals surface area contributed by atoms with Crippen molar-refractivity contribution in [3.63, 3.8) is 0 Å². The fourth-order valence-corrected chi connectivity index (χ4v) is 5.20. The molecule has 0 N–H and O–H groups in total. The van der Waals surface area contributed by atoms with E-state index >= 15 is 0 Å². The molecule has 2 aromatic rings. The van der Waals surface area contributed by atoms with Crippen LogP contribution >= 0.6 is 0 Å². The number of carbonyl (C=O) groups excluding carboxylic acids is 2. The molecular weight excluding hydrogens is 338 g/mol. The van der Waals surface area contributed by atoms with E-state index in [-0.39, 0.29) is 24.0 Å². The Hall–Kier alpha value is -2.69. The lowest BCUT2D eigenvalue weighted by Crippen LogP contribution is -2.42. The molecule has 138 valence electrons. The summed E-state index contributed by atoms with van der Waals surface area (Å²) in [6, 6.07) is 14.7. The number of pyridine rings is 1. The van der Waals surface area contributed by atoms with Crippen LogP contribution in [-0.4, -0.2) is 38.8 Å². The fourth-order valence-electron chi connectivity index (χ4n) is 5.20. The molecule has 5 heteroatoms. The lowest BCUT2D eigenvalue weighted by molar-refractivity contribution is -0.129. The van der Waals surface area contributed by atoms with E-state index in [1.807, 2.05) is 53.4 Å². The molecule has 0 unspecified atom stereocenters. The molecule has 3 fully saturated rings. The third-order valence-electron chi connectivity index (χ3n) is 6.38. The minimum absolute atomic E-state index is 0.0612. The Bertz CT molecular complexity index is 815. The number of carbonyl (C=O) groups is 2. The molecule has 3 amide bonds. The minimum Gasteiger partial charge on any atom is -0.309 e. The SMILES string of the molecule is O=C1[C@@H]2C[C@@H]3CCCC[C@H]3N2C(=O)N1[C@H](c1ccccc1)c1ccccn1. The first-order chi connectivity index (χ1) is 13.3. The zero-order valence-electron chi connectivity index (χ0n) is 15.2. The minimum atomic E-state index is -0.472. The van der Waals surface area contributed by atoms with Crippen LogP contribution in [0, 0.1) is 5.92 Å². The molecule has 3 aliphatic rings. The standard InChI is InChI=1S/C22H23N3O2/c26-21-19-14-16-10-4-5-12-18(16)24(19)22(27)25(21)20(15-8-2-1-3-9-15)17-11-6-7-13-23-17/h1-3,6-9,11,13,16,18-20H,4-5,10,12,14H2/t16-,18+,19-,20+/m0/s1. The zero-order valence-corrected chi connectivity index (χ0v) is 15.2. The maximum absolute atomic E-state index is 13.4. The predicted octanol–water partition coefficient (Wildman–Crippen LogP) is 3.77. The van der Waals surface area contributed by atoms with Crippen molar-refractivity contribution in [2.75, 3.05) is 0 Å². The van der Waals surface area contributed by atoms with Gasteiger partial charge in [0.05, 0.1) is 5.69 Å². The Balaban J connectivity index is 1.55. The lowest BCUT2D eigenvalue weighted by Gasteiger charge is -2.32. The molecule has 0 spiro atoms. The normalized spacial score (nSPS) is 28.2. The number of nitrogens with zero attached hydrogens (tertiary/aromatic N) is 3.